The number of aliphatic hydroxyl groups is 1. The van der Waals surface area contributed by atoms with Gasteiger partial charge in [0.2, 0.25) is 0 Å². The van der Waals surface area contributed by atoms with Crippen molar-refractivity contribution in [2.24, 2.45) is 5.92 Å². The number of hydrogen-bond donors (Lipinski definition) is 1. The molecule has 120 valence electrons. The molecule has 1 aliphatic rings. The zero-order valence-electron chi connectivity index (χ0n) is 14.1. The average Bonchev–Trinajstić information content (AvgIpc) is 2.45. The molecule has 0 aromatic heterocycles. The summed E-state index contributed by atoms with van der Waals surface area (Å²) in [5.74, 6) is 0.902. The Kier molecular flexibility index (Phi) is 9.59. The van der Waals surface area contributed by atoms with Gasteiger partial charge in [0.1, 0.15) is 0 Å². The molecule has 1 aliphatic carbocycles. The molecule has 0 bridgehead atoms. The minimum Gasteiger partial charge on any atom is -0.390 e. The summed E-state index contributed by atoms with van der Waals surface area (Å²) in [5.41, 5.74) is -0.299. The molecular formula is C19H38O. The van der Waals surface area contributed by atoms with E-state index in [9.17, 15) is 5.11 Å². The van der Waals surface area contributed by atoms with Gasteiger partial charge in [-0.05, 0) is 38.0 Å². The molecule has 20 heavy (non-hydrogen) atoms. The molecule has 1 saturated carbocycles. The lowest BCUT2D eigenvalue weighted by Gasteiger charge is -2.36. The van der Waals surface area contributed by atoms with Crippen LogP contribution in [0.4, 0.5) is 0 Å². The Morgan fingerprint density at radius 3 is 1.90 bits per heavy atom. The molecule has 0 aliphatic heterocycles. The van der Waals surface area contributed by atoms with E-state index < -0.39 is 0 Å². The topological polar surface area (TPSA) is 20.2 Å². The van der Waals surface area contributed by atoms with E-state index in [0.717, 1.165) is 25.2 Å². The average molecular weight is 283 g/mol. The van der Waals surface area contributed by atoms with Crippen LogP contribution in [0.25, 0.3) is 0 Å². The van der Waals surface area contributed by atoms with Crippen molar-refractivity contribution in [3.05, 3.63) is 0 Å². The second-order valence-electron chi connectivity index (χ2n) is 7.18. The molecule has 0 radical (unpaired) electrons. The van der Waals surface area contributed by atoms with E-state index in [-0.39, 0.29) is 5.60 Å². The number of hydrogen-bond acceptors (Lipinski definition) is 1. The smallest absolute Gasteiger partial charge is 0.0648 e. The van der Waals surface area contributed by atoms with E-state index in [1.807, 2.05) is 0 Å². The van der Waals surface area contributed by atoms with E-state index in [1.54, 1.807) is 0 Å². The molecule has 0 aromatic carbocycles. The van der Waals surface area contributed by atoms with Crippen LogP contribution in [0.2, 0.25) is 0 Å². The minimum atomic E-state index is -0.299. The van der Waals surface area contributed by atoms with Crippen LogP contribution in [0, 0.1) is 5.92 Å². The maximum Gasteiger partial charge on any atom is 0.0648 e. The highest BCUT2D eigenvalue weighted by Crippen LogP contribution is 2.37. The first kappa shape index (κ1) is 18.0. The summed E-state index contributed by atoms with van der Waals surface area (Å²) < 4.78 is 0. The molecule has 1 nitrogen and oxygen atoms in total. The summed E-state index contributed by atoms with van der Waals surface area (Å²) >= 11 is 0. The lowest BCUT2D eigenvalue weighted by molar-refractivity contribution is -0.0194. The second kappa shape index (κ2) is 10.7. The van der Waals surface area contributed by atoms with Crippen molar-refractivity contribution < 1.29 is 5.11 Å². The van der Waals surface area contributed by atoms with Gasteiger partial charge in [-0.3, -0.25) is 0 Å². The van der Waals surface area contributed by atoms with Crippen LogP contribution in [-0.4, -0.2) is 10.7 Å². The zero-order valence-corrected chi connectivity index (χ0v) is 14.1. The summed E-state index contributed by atoms with van der Waals surface area (Å²) in [6.45, 7) is 4.55. The highest BCUT2D eigenvalue weighted by molar-refractivity contribution is 4.85. The van der Waals surface area contributed by atoms with Crippen molar-refractivity contribution >= 4 is 0 Å². The molecule has 0 saturated heterocycles. The third-order valence-electron chi connectivity index (χ3n) is 5.23. The summed E-state index contributed by atoms with van der Waals surface area (Å²) in [5, 5.41) is 10.6. The molecule has 0 aromatic rings. The van der Waals surface area contributed by atoms with Crippen LogP contribution >= 0.6 is 0 Å². The normalized spacial score (nSPS) is 26.9. The van der Waals surface area contributed by atoms with Crippen LogP contribution in [0.1, 0.15) is 110 Å². The Bertz CT molecular complexity index is 216. The lowest BCUT2D eigenvalue weighted by Crippen LogP contribution is -2.33. The first-order chi connectivity index (χ1) is 9.70. The fourth-order valence-corrected chi connectivity index (χ4v) is 3.75. The molecule has 0 amide bonds. The van der Waals surface area contributed by atoms with Crippen molar-refractivity contribution in [2.75, 3.05) is 0 Å². The Balaban J connectivity index is 1.98. The number of unbranched alkanes of at least 4 members (excludes halogenated alkanes) is 7. The van der Waals surface area contributed by atoms with Gasteiger partial charge in [-0.1, -0.05) is 78.1 Å². The Labute approximate surface area is 127 Å². The molecule has 1 heteroatoms. The van der Waals surface area contributed by atoms with Gasteiger partial charge in [0.15, 0.2) is 0 Å². The largest absolute Gasteiger partial charge is 0.390 e. The SMILES string of the molecule is CCCCCCCCCCC1(O)CCC(CCC)CC1. The standard InChI is InChI=1S/C19H38O/c1-3-5-6-7-8-9-10-11-15-19(20)16-13-18(12-4-2)14-17-19/h18,20H,3-17H2,1-2H3. The van der Waals surface area contributed by atoms with E-state index in [4.69, 9.17) is 0 Å². The quantitative estimate of drug-likeness (QED) is 0.445. The molecular weight excluding hydrogens is 244 g/mol. The lowest BCUT2D eigenvalue weighted by atomic mass is 9.75. The zero-order chi connectivity index (χ0) is 14.7. The van der Waals surface area contributed by atoms with Gasteiger partial charge in [-0.25, -0.2) is 0 Å². The van der Waals surface area contributed by atoms with Crippen molar-refractivity contribution in [1.82, 2.24) is 0 Å². The van der Waals surface area contributed by atoms with Gasteiger partial charge < -0.3 is 5.11 Å². The number of rotatable bonds is 11. The van der Waals surface area contributed by atoms with Crippen LogP contribution in [0.15, 0.2) is 0 Å². The summed E-state index contributed by atoms with van der Waals surface area (Å²) in [7, 11) is 0. The van der Waals surface area contributed by atoms with Gasteiger partial charge >= 0.3 is 0 Å². The minimum absolute atomic E-state index is 0.299. The van der Waals surface area contributed by atoms with Crippen molar-refractivity contribution in [3.8, 4) is 0 Å². The molecule has 0 atom stereocenters. The van der Waals surface area contributed by atoms with Crippen LogP contribution < -0.4 is 0 Å². The van der Waals surface area contributed by atoms with Gasteiger partial charge in [-0.15, -0.1) is 0 Å². The summed E-state index contributed by atoms with van der Waals surface area (Å²) in [4.78, 5) is 0. The van der Waals surface area contributed by atoms with E-state index in [0.29, 0.717) is 0 Å². The molecule has 1 rings (SSSR count). The monoisotopic (exact) mass is 282 g/mol. The predicted molar refractivity (Wildman–Crippen MR) is 89.0 cm³/mol. The van der Waals surface area contributed by atoms with E-state index in [1.165, 1.54) is 77.0 Å². The molecule has 1 N–H and O–H groups in total. The highest BCUT2D eigenvalue weighted by atomic mass is 16.3. The van der Waals surface area contributed by atoms with Crippen molar-refractivity contribution in [3.63, 3.8) is 0 Å². The fourth-order valence-electron chi connectivity index (χ4n) is 3.75. The van der Waals surface area contributed by atoms with Crippen LogP contribution in [0.3, 0.4) is 0 Å². The first-order valence-corrected chi connectivity index (χ1v) is 9.42. The molecule has 0 unspecified atom stereocenters. The predicted octanol–water partition coefficient (Wildman–Crippen LogP) is 6.24. The van der Waals surface area contributed by atoms with Crippen molar-refractivity contribution in [1.29, 1.82) is 0 Å². The summed E-state index contributed by atoms with van der Waals surface area (Å²) in [6, 6.07) is 0. The van der Waals surface area contributed by atoms with E-state index >= 15 is 0 Å². The Morgan fingerprint density at radius 2 is 1.35 bits per heavy atom. The van der Waals surface area contributed by atoms with Crippen LogP contribution in [-0.2, 0) is 0 Å². The van der Waals surface area contributed by atoms with Gasteiger partial charge in [0, 0.05) is 0 Å². The van der Waals surface area contributed by atoms with Gasteiger partial charge in [0.25, 0.3) is 0 Å². The Hall–Kier alpha value is -0.0400. The summed E-state index contributed by atoms with van der Waals surface area (Å²) in [6.07, 6.45) is 19.3. The maximum atomic E-state index is 10.6. The highest BCUT2D eigenvalue weighted by Gasteiger charge is 2.31. The Morgan fingerprint density at radius 1 is 0.800 bits per heavy atom. The third-order valence-corrected chi connectivity index (χ3v) is 5.23. The van der Waals surface area contributed by atoms with Gasteiger partial charge in [-0.2, -0.15) is 0 Å². The first-order valence-electron chi connectivity index (χ1n) is 9.42. The maximum absolute atomic E-state index is 10.6. The second-order valence-corrected chi connectivity index (χ2v) is 7.18. The van der Waals surface area contributed by atoms with Crippen LogP contribution in [0.5, 0.6) is 0 Å². The van der Waals surface area contributed by atoms with Gasteiger partial charge in [0.05, 0.1) is 5.60 Å². The van der Waals surface area contributed by atoms with E-state index in [2.05, 4.69) is 13.8 Å². The molecule has 0 heterocycles. The molecule has 0 spiro atoms. The third kappa shape index (κ3) is 7.67. The molecule has 1 fully saturated rings. The fraction of sp³-hybridized carbons (Fsp3) is 1.00. The van der Waals surface area contributed by atoms with Crippen molar-refractivity contribution in [2.45, 2.75) is 116 Å².